The van der Waals surface area contributed by atoms with E-state index in [4.69, 9.17) is 9.47 Å². The van der Waals surface area contributed by atoms with E-state index in [1.54, 1.807) is 7.11 Å². The van der Waals surface area contributed by atoms with Gasteiger partial charge in [-0.2, -0.15) is 0 Å². The van der Waals surface area contributed by atoms with Crippen LogP contribution < -0.4 is 4.74 Å². The molecule has 0 unspecified atom stereocenters. The number of methoxy groups -OCH3 is 1. The number of hydrogen-bond donors (Lipinski definition) is 0. The van der Waals surface area contributed by atoms with Gasteiger partial charge in [0.2, 0.25) is 0 Å². The molecule has 2 saturated heterocycles. The van der Waals surface area contributed by atoms with Crippen molar-refractivity contribution in [2.75, 3.05) is 33.9 Å². The molecule has 2 heterocycles. The van der Waals surface area contributed by atoms with Gasteiger partial charge in [0.15, 0.2) is 0 Å². The van der Waals surface area contributed by atoms with Gasteiger partial charge < -0.3 is 19.3 Å². The smallest absolute Gasteiger partial charge is 0.254 e. The van der Waals surface area contributed by atoms with E-state index < -0.39 is 0 Å². The highest BCUT2D eigenvalue weighted by atomic mass is 16.5. The fourth-order valence-corrected chi connectivity index (χ4v) is 4.27. The zero-order valence-corrected chi connectivity index (χ0v) is 15.7. The maximum Gasteiger partial charge on any atom is 0.254 e. The number of ether oxygens (including phenoxy) is 2. The first-order valence-corrected chi connectivity index (χ1v) is 9.41. The molecule has 1 amide bonds. The molecular weight excluding hydrogens is 316 g/mol. The van der Waals surface area contributed by atoms with E-state index in [1.165, 1.54) is 12.8 Å². The molecule has 2 aliphatic rings. The van der Waals surface area contributed by atoms with Crippen LogP contribution in [0.4, 0.5) is 0 Å². The van der Waals surface area contributed by atoms with E-state index in [0.29, 0.717) is 25.3 Å². The highest BCUT2D eigenvalue weighted by Gasteiger charge is 2.38. The van der Waals surface area contributed by atoms with Crippen LogP contribution >= 0.6 is 0 Å². The summed E-state index contributed by atoms with van der Waals surface area (Å²) in [6.07, 6.45) is 4.65. The molecule has 25 heavy (non-hydrogen) atoms. The third-order valence-corrected chi connectivity index (χ3v) is 5.57. The van der Waals surface area contributed by atoms with Crippen molar-refractivity contribution in [3.05, 3.63) is 29.3 Å². The Balaban J connectivity index is 1.79. The Morgan fingerprint density at radius 2 is 1.96 bits per heavy atom. The summed E-state index contributed by atoms with van der Waals surface area (Å²) >= 11 is 0. The molecule has 2 fully saturated rings. The van der Waals surface area contributed by atoms with Crippen LogP contribution in [0.15, 0.2) is 18.2 Å². The zero-order valence-electron chi connectivity index (χ0n) is 15.7. The van der Waals surface area contributed by atoms with Gasteiger partial charge in [0.05, 0.1) is 13.7 Å². The van der Waals surface area contributed by atoms with Crippen LogP contribution in [0.25, 0.3) is 0 Å². The van der Waals surface area contributed by atoms with Crippen LogP contribution in [0, 0.1) is 0 Å². The zero-order chi connectivity index (χ0) is 17.8. The molecule has 138 valence electrons. The van der Waals surface area contributed by atoms with Crippen LogP contribution in [0.3, 0.4) is 0 Å². The van der Waals surface area contributed by atoms with Gasteiger partial charge in [-0.05, 0) is 64.4 Å². The number of carbonyl (C=O) groups excluding carboxylic acids is 1. The maximum absolute atomic E-state index is 13.2. The molecule has 0 radical (unpaired) electrons. The van der Waals surface area contributed by atoms with Gasteiger partial charge in [-0.1, -0.05) is 0 Å². The largest absolute Gasteiger partial charge is 0.496 e. The molecule has 2 atom stereocenters. The van der Waals surface area contributed by atoms with Crippen molar-refractivity contribution in [1.29, 1.82) is 0 Å². The van der Waals surface area contributed by atoms with Crippen molar-refractivity contribution in [1.82, 2.24) is 9.80 Å². The Morgan fingerprint density at radius 3 is 2.64 bits per heavy atom. The number of carbonyl (C=O) groups is 1. The molecule has 0 N–H and O–H groups in total. The highest BCUT2D eigenvalue weighted by Crippen LogP contribution is 2.31. The first-order chi connectivity index (χ1) is 12.2. The Hall–Kier alpha value is -1.59. The first kappa shape index (κ1) is 18.2. The second-order valence-electron chi connectivity index (χ2n) is 7.06. The summed E-state index contributed by atoms with van der Waals surface area (Å²) in [4.78, 5) is 17.7. The summed E-state index contributed by atoms with van der Waals surface area (Å²) in [5, 5.41) is 0. The molecule has 3 rings (SSSR count). The fraction of sp³-hybridized carbons (Fsp3) is 0.650. The standard InChI is InChI=1S/C20H30N2O3/c1-4-25-14-16-13-15(9-10-19(16)24-3)20(23)22-12-6-8-18(22)17-7-5-11-21(17)2/h9-10,13,17-18H,4-8,11-12,14H2,1-3H3/t17-,18+/m0/s1. The summed E-state index contributed by atoms with van der Waals surface area (Å²) < 4.78 is 10.9. The lowest BCUT2D eigenvalue weighted by molar-refractivity contribution is 0.0664. The van der Waals surface area contributed by atoms with Crippen LogP contribution in [0.2, 0.25) is 0 Å². The average molecular weight is 346 g/mol. The second-order valence-corrected chi connectivity index (χ2v) is 7.06. The van der Waals surface area contributed by atoms with Crippen LogP contribution in [0.5, 0.6) is 5.75 Å². The third kappa shape index (κ3) is 3.82. The van der Waals surface area contributed by atoms with E-state index >= 15 is 0 Å². The van der Waals surface area contributed by atoms with Gasteiger partial charge in [-0.25, -0.2) is 0 Å². The van der Waals surface area contributed by atoms with Crippen LogP contribution in [-0.4, -0.2) is 61.6 Å². The van der Waals surface area contributed by atoms with Crippen molar-refractivity contribution in [3.8, 4) is 5.75 Å². The molecular formula is C20H30N2O3. The second kappa shape index (κ2) is 8.19. The first-order valence-electron chi connectivity index (χ1n) is 9.41. The van der Waals surface area contributed by atoms with Crippen molar-refractivity contribution in [2.45, 2.75) is 51.3 Å². The summed E-state index contributed by atoms with van der Waals surface area (Å²) in [5.41, 5.74) is 1.67. The van der Waals surface area contributed by atoms with Crippen LogP contribution in [0.1, 0.15) is 48.5 Å². The SMILES string of the molecule is CCOCc1cc(C(=O)N2CCC[C@@H]2[C@@H]2CCCN2C)ccc1OC. The van der Waals surface area contributed by atoms with Gasteiger partial charge in [0.25, 0.3) is 5.91 Å². The fourth-order valence-electron chi connectivity index (χ4n) is 4.27. The normalized spacial score (nSPS) is 24.0. The summed E-state index contributed by atoms with van der Waals surface area (Å²) in [5.74, 6) is 0.918. The molecule has 5 heteroatoms. The average Bonchev–Trinajstić information content (AvgIpc) is 3.27. The summed E-state index contributed by atoms with van der Waals surface area (Å²) in [6.45, 7) is 5.08. The van der Waals surface area contributed by atoms with Gasteiger partial charge in [0.1, 0.15) is 5.75 Å². The van der Waals surface area contributed by atoms with Crippen molar-refractivity contribution in [3.63, 3.8) is 0 Å². The van der Waals surface area contributed by atoms with Gasteiger partial charge in [-0.3, -0.25) is 4.79 Å². The lowest BCUT2D eigenvalue weighted by Gasteiger charge is -2.33. The Labute approximate surface area is 150 Å². The van der Waals surface area contributed by atoms with Gasteiger partial charge in [0, 0.05) is 36.4 Å². The lowest BCUT2D eigenvalue weighted by atomic mass is 10.0. The number of benzene rings is 1. The molecule has 1 aromatic rings. The van der Waals surface area contributed by atoms with Crippen molar-refractivity contribution < 1.29 is 14.3 Å². The van der Waals surface area contributed by atoms with E-state index in [0.717, 1.165) is 42.8 Å². The monoisotopic (exact) mass is 346 g/mol. The highest BCUT2D eigenvalue weighted by molar-refractivity contribution is 5.95. The maximum atomic E-state index is 13.2. The molecule has 5 nitrogen and oxygen atoms in total. The number of likely N-dealkylation sites (N-methyl/N-ethyl adjacent to an activating group) is 1. The third-order valence-electron chi connectivity index (χ3n) is 5.57. The summed E-state index contributed by atoms with van der Waals surface area (Å²) in [7, 11) is 3.84. The molecule has 0 spiro atoms. The molecule has 2 aliphatic heterocycles. The Morgan fingerprint density at radius 1 is 1.20 bits per heavy atom. The number of hydrogen-bond acceptors (Lipinski definition) is 4. The molecule has 0 bridgehead atoms. The van der Waals surface area contributed by atoms with Crippen molar-refractivity contribution in [2.24, 2.45) is 0 Å². The molecule has 1 aromatic carbocycles. The van der Waals surface area contributed by atoms with E-state index in [1.807, 2.05) is 25.1 Å². The predicted octanol–water partition coefficient (Wildman–Crippen LogP) is 2.93. The summed E-state index contributed by atoms with van der Waals surface area (Å²) in [6, 6.07) is 6.55. The molecule has 0 aliphatic carbocycles. The van der Waals surface area contributed by atoms with E-state index in [2.05, 4.69) is 16.8 Å². The Bertz CT molecular complexity index is 605. The van der Waals surface area contributed by atoms with E-state index in [9.17, 15) is 4.79 Å². The minimum Gasteiger partial charge on any atom is -0.496 e. The minimum atomic E-state index is 0.142. The van der Waals surface area contributed by atoms with Gasteiger partial charge >= 0.3 is 0 Å². The van der Waals surface area contributed by atoms with Crippen LogP contribution in [-0.2, 0) is 11.3 Å². The van der Waals surface area contributed by atoms with Gasteiger partial charge in [-0.15, -0.1) is 0 Å². The number of amides is 1. The molecule has 0 saturated carbocycles. The minimum absolute atomic E-state index is 0.142. The number of rotatable bonds is 6. The van der Waals surface area contributed by atoms with E-state index in [-0.39, 0.29) is 5.91 Å². The number of nitrogens with zero attached hydrogens (tertiary/aromatic N) is 2. The lowest BCUT2D eigenvalue weighted by Crippen LogP contribution is -2.47. The number of likely N-dealkylation sites (tertiary alicyclic amines) is 2. The Kier molecular flexibility index (Phi) is 5.97. The quantitative estimate of drug-likeness (QED) is 0.794. The topological polar surface area (TPSA) is 42.0 Å². The molecule has 0 aromatic heterocycles. The predicted molar refractivity (Wildman–Crippen MR) is 98.0 cm³/mol. The van der Waals surface area contributed by atoms with Crippen molar-refractivity contribution >= 4 is 5.91 Å².